The monoisotopic (exact) mass is 287 g/mol. The van der Waals surface area contributed by atoms with Crippen molar-refractivity contribution in [2.75, 3.05) is 32.3 Å². The highest BCUT2D eigenvalue weighted by atomic mass is 32.2. The maximum atomic E-state index is 9.26. The van der Waals surface area contributed by atoms with Crippen LogP contribution in [0.3, 0.4) is 0 Å². The third kappa shape index (κ3) is 4.91. The van der Waals surface area contributed by atoms with Crippen LogP contribution in [0, 0.1) is 0 Å². The number of aliphatic hydroxyl groups is 2. The molecule has 0 saturated heterocycles. The Kier molecular flexibility index (Phi) is 7.01. The molecule has 108 valence electrons. The molecule has 0 amide bonds. The van der Waals surface area contributed by atoms with Gasteiger partial charge in [0.1, 0.15) is 11.5 Å². The van der Waals surface area contributed by atoms with Crippen LogP contribution in [0.4, 0.5) is 0 Å². The molecular formula is C13H21NO4S. The zero-order valence-corrected chi connectivity index (χ0v) is 12.0. The van der Waals surface area contributed by atoms with Gasteiger partial charge in [0.25, 0.3) is 0 Å². The molecule has 0 bridgehead atoms. The lowest BCUT2D eigenvalue weighted by Crippen LogP contribution is -2.18. The molecule has 0 aliphatic carbocycles. The first-order chi connectivity index (χ1) is 9.12. The summed E-state index contributed by atoms with van der Waals surface area (Å²) in [5, 5.41) is 18.0. The summed E-state index contributed by atoms with van der Waals surface area (Å²) in [5.74, 6) is 2.51. The van der Waals surface area contributed by atoms with Crippen LogP contribution in [0.1, 0.15) is 11.6 Å². The van der Waals surface area contributed by atoms with Crippen LogP contribution < -0.4 is 15.2 Å². The van der Waals surface area contributed by atoms with Crippen LogP contribution in [-0.2, 0) is 0 Å². The number of benzene rings is 1. The molecule has 0 saturated carbocycles. The summed E-state index contributed by atoms with van der Waals surface area (Å²) in [6.07, 6.45) is -0.699. The third-order valence-electron chi connectivity index (χ3n) is 2.66. The molecule has 4 N–H and O–H groups in total. The first-order valence-electron chi connectivity index (χ1n) is 5.96. The van der Waals surface area contributed by atoms with E-state index in [0.717, 1.165) is 11.3 Å². The molecule has 0 spiro atoms. The average molecular weight is 287 g/mol. The van der Waals surface area contributed by atoms with Crippen molar-refractivity contribution < 1.29 is 19.7 Å². The highest BCUT2D eigenvalue weighted by Crippen LogP contribution is 2.30. The van der Waals surface area contributed by atoms with Gasteiger partial charge in [0.15, 0.2) is 0 Å². The first-order valence-corrected chi connectivity index (χ1v) is 7.12. The molecule has 0 aliphatic rings. The lowest BCUT2D eigenvalue weighted by molar-refractivity contribution is 0.113. The van der Waals surface area contributed by atoms with Crippen LogP contribution >= 0.6 is 11.8 Å². The van der Waals surface area contributed by atoms with Crippen LogP contribution in [0.15, 0.2) is 18.2 Å². The lowest BCUT2D eigenvalue weighted by atomic mass is 10.1. The van der Waals surface area contributed by atoms with E-state index in [9.17, 15) is 5.11 Å². The predicted molar refractivity (Wildman–Crippen MR) is 76.9 cm³/mol. The van der Waals surface area contributed by atoms with Crippen LogP contribution in [0.5, 0.6) is 11.5 Å². The fourth-order valence-corrected chi connectivity index (χ4v) is 2.55. The first kappa shape index (κ1) is 16.1. The number of hydrogen-bond donors (Lipinski definition) is 3. The topological polar surface area (TPSA) is 84.9 Å². The SMILES string of the molecule is COc1ccc(C(N)CSCC(O)CO)c(OC)c1. The summed E-state index contributed by atoms with van der Waals surface area (Å²) in [6, 6.07) is 5.32. The van der Waals surface area contributed by atoms with E-state index < -0.39 is 6.10 Å². The number of ether oxygens (including phenoxy) is 2. The molecular weight excluding hydrogens is 266 g/mol. The summed E-state index contributed by atoms with van der Waals surface area (Å²) in [7, 11) is 3.19. The molecule has 1 rings (SSSR count). The molecule has 19 heavy (non-hydrogen) atoms. The van der Waals surface area contributed by atoms with E-state index in [1.807, 2.05) is 12.1 Å². The molecule has 1 aromatic rings. The van der Waals surface area contributed by atoms with Crippen molar-refractivity contribution in [3.05, 3.63) is 23.8 Å². The Morgan fingerprint density at radius 1 is 1.26 bits per heavy atom. The Morgan fingerprint density at radius 3 is 2.58 bits per heavy atom. The minimum Gasteiger partial charge on any atom is -0.497 e. The zero-order valence-electron chi connectivity index (χ0n) is 11.2. The Bertz CT molecular complexity index is 389. The average Bonchev–Trinajstić information content (AvgIpc) is 2.45. The maximum Gasteiger partial charge on any atom is 0.127 e. The van der Waals surface area contributed by atoms with Gasteiger partial charge < -0.3 is 25.4 Å². The smallest absolute Gasteiger partial charge is 0.127 e. The largest absolute Gasteiger partial charge is 0.497 e. The number of nitrogens with two attached hydrogens (primary N) is 1. The van der Waals surface area contributed by atoms with Gasteiger partial charge in [0.05, 0.1) is 26.9 Å². The minimum atomic E-state index is -0.699. The number of aliphatic hydroxyl groups excluding tert-OH is 2. The molecule has 0 fully saturated rings. The van der Waals surface area contributed by atoms with E-state index in [1.165, 1.54) is 11.8 Å². The standard InChI is InChI=1S/C13H21NO4S/c1-17-10-3-4-11(13(5-10)18-2)12(14)8-19-7-9(16)6-15/h3-5,9,12,15-16H,6-8,14H2,1-2H3. The van der Waals surface area contributed by atoms with Crippen molar-refractivity contribution in [1.82, 2.24) is 0 Å². The van der Waals surface area contributed by atoms with E-state index in [-0.39, 0.29) is 12.6 Å². The van der Waals surface area contributed by atoms with E-state index in [4.69, 9.17) is 20.3 Å². The lowest BCUT2D eigenvalue weighted by Gasteiger charge is -2.17. The second-order valence-electron chi connectivity index (χ2n) is 4.09. The molecule has 5 nitrogen and oxygen atoms in total. The zero-order chi connectivity index (χ0) is 14.3. The minimum absolute atomic E-state index is 0.197. The number of methoxy groups -OCH3 is 2. The van der Waals surface area contributed by atoms with Crippen LogP contribution in [0.25, 0.3) is 0 Å². The predicted octanol–water partition coefficient (Wildman–Crippen LogP) is 0.790. The molecule has 6 heteroatoms. The van der Waals surface area contributed by atoms with Gasteiger partial charge in [-0.3, -0.25) is 0 Å². The highest BCUT2D eigenvalue weighted by molar-refractivity contribution is 7.99. The molecule has 2 atom stereocenters. The molecule has 2 unspecified atom stereocenters. The van der Waals surface area contributed by atoms with Crippen LogP contribution in [0.2, 0.25) is 0 Å². The van der Waals surface area contributed by atoms with Crippen molar-refractivity contribution in [2.24, 2.45) is 5.73 Å². The number of rotatable bonds is 8. The van der Waals surface area contributed by atoms with Gasteiger partial charge in [0, 0.05) is 29.2 Å². The van der Waals surface area contributed by atoms with E-state index in [0.29, 0.717) is 17.3 Å². The van der Waals surface area contributed by atoms with E-state index >= 15 is 0 Å². The molecule has 1 aromatic carbocycles. The van der Waals surface area contributed by atoms with Crippen molar-refractivity contribution in [3.63, 3.8) is 0 Å². The fourth-order valence-electron chi connectivity index (χ4n) is 1.60. The van der Waals surface area contributed by atoms with Gasteiger partial charge in [-0.25, -0.2) is 0 Å². The van der Waals surface area contributed by atoms with Gasteiger partial charge in [-0.1, -0.05) is 6.07 Å². The summed E-state index contributed by atoms with van der Waals surface area (Å²) >= 11 is 1.50. The Morgan fingerprint density at radius 2 is 2.00 bits per heavy atom. The molecule has 0 aliphatic heterocycles. The highest BCUT2D eigenvalue weighted by Gasteiger charge is 2.14. The van der Waals surface area contributed by atoms with Gasteiger partial charge in [-0.05, 0) is 6.07 Å². The van der Waals surface area contributed by atoms with E-state index in [1.54, 1.807) is 20.3 Å². The summed E-state index contributed by atoms with van der Waals surface area (Å²) in [5.41, 5.74) is 7.00. The summed E-state index contributed by atoms with van der Waals surface area (Å²) in [4.78, 5) is 0. The molecule has 0 aromatic heterocycles. The summed E-state index contributed by atoms with van der Waals surface area (Å²) < 4.78 is 10.4. The Labute approximate surface area is 117 Å². The molecule has 0 radical (unpaired) electrons. The third-order valence-corrected chi connectivity index (χ3v) is 3.87. The van der Waals surface area contributed by atoms with Gasteiger partial charge >= 0.3 is 0 Å². The van der Waals surface area contributed by atoms with Crippen molar-refractivity contribution in [1.29, 1.82) is 0 Å². The normalized spacial score (nSPS) is 13.9. The van der Waals surface area contributed by atoms with Crippen LogP contribution in [-0.4, -0.2) is 48.6 Å². The molecule has 0 heterocycles. The Balaban J connectivity index is 2.63. The number of hydrogen-bond acceptors (Lipinski definition) is 6. The number of thioether (sulfide) groups is 1. The van der Waals surface area contributed by atoms with Gasteiger partial charge in [-0.2, -0.15) is 11.8 Å². The fraction of sp³-hybridized carbons (Fsp3) is 0.538. The van der Waals surface area contributed by atoms with Gasteiger partial charge in [-0.15, -0.1) is 0 Å². The Hall–Kier alpha value is -0.950. The van der Waals surface area contributed by atoms with Crippen molar-refractivity contribution >= 4 is 11.8 Å². The quantitative estimate of drug-likeness (QED) is 0.655. The second kappa shape index (κ2) is 8.27. The summed E-state index contributed by atoms with van der Waals surface area (Å²) in [6.45, 7) is -0.228. The van der Waals surface area contributed by atoms with Crippen molar-refractivity contribution in [2.45, 2.75) is 12.1 Å². The second-order valence-corrected chi connectivity index (χ2v) is 5.16. The van der Waals surface area contributed by atoms with E-state index in [2.05, 4.69) is 0 Å². The van der Waals surface area contributed by atoms with Gasteiger partial charge in [0.2, 0.25) is 0 Å². The maximum absolute atomic E-state index is 9.26. The van der Waals surface area contributed by atoms with Crippen molar-refractivity contribution in [3.8, 4) is 11.5 Å².